The molecule has 0 aromatic heterocycles. The van der Waals surface area contributed by atoms with E-state index < -0.39 is 18.4 Å². The van der Waals surface area contributed by atoms with Gasteiger partial charge in [0.25, 0.3) is 0 Å². The third-order valence-corrected chi connectivity index (χ3v) is 1.05. The quantitative estimate of drug-likeness (QED) is 0.299. The highest BCUT2D eigenvalue weighted by Gasteiger charge is 2.09. The van der Waals surface area contributed by atoms with Crippen LogP contribution in [0.2, 0.25) is 0 Å². The van der Waals surface area contributed by atoms with Gasteiger partial charge in [0.1, 0.15) is 6.04 Å². The van der Waals surface area contributed by atoms with Gasteiger partial charge in [0.15, 0.2) is 5.96 Å². The second-order valence-corrected chi connectivity index (χ2v) is 2.14. The van der Waals surface area contributed by atoms with Gasteiger partial charge in [-0.1, -0.05) is 0 Å². The average molecular weight is 178 g/mol. The molecule has 0 heterocycles. The van der Waals surface area contributed by atoms with Crippen molar-refractivity contribution < 1.29 is 12.6 Å². The van der Waals surface area contributed by atoms with Crippen molar-refractivity contribution in [3.8, 4) is 0 Å². The summed E-state index contributed by atoms with van der Waals surface area (Å²) in [5.41, 5.74) is 15.2. The minimum atomic E-state index is -1.82. The van der Waals surface area contributed by atoms with Crippen LogP contribution in [0.1, 0.15) is 15.5 Å². The van der Waals surface area contributed by atoms with Crippen LogP contribution in [0.4, 0.5) is 0 Å². The molecule has 6 heteroatoms. The van der Waals surface area contributed by atoms with E-state index in [0.717, 1.165) is 0 Å². The summed E-state index contributed by atoms with van der Waals surface area (Å²) in [7, 11) is 0. The van der Waals surface area contributed by atoms with Gasteiger partial charge in [-0.05, 0) is 12.8 Å². The third kappa shape index (κ3) is 5.48. The fourth-order valence-corrected chi connectivity index (χ4v) is 0.455. The molecule has 0 rings (SSSR count). The predicted octanol–water partition coefficient (Wildman–Crippen LogP) is -1.55. The highest BCUT2D eigenvalue weighted by Crippen LogP contribution is 1.94. The Labute approximate surface area is 73.2 Å². The zero-order valence-electron chi connectivity index (χ0n) is 8.53. The van der Waals surface area contributed by atoms with Crippen molar-refractivity contribution in [3.05, 3.63) is 0 Å². The van der Waals surface area contributed by atoms with Crippen molar-refractivity contribution in [2.24, 2.45) is 22.2 Å². The molecule has 0 bridgehead atoms. The number of rotatable bonds is 5. The van der Waals surface area contributed by atoms with Crippen LogP contribution < -0.4 is 17.2 Å². The molecule has 0 amide bonds. The molecule has 6 nitrogen and oxygen atoms in total. The van der Waals surface area contributed by atoms with Crippen molar-refractivity contribution in [1.82, 2.24) is 0 Å². The maximum atomic E-state index is 10.3. The number of hydrogen-bond donors (Lipinski definition) is 4. The van der Waals surface area contributed by atoms with Crippen molar-refractivity contribution in [2.75, 3.05) is 6.54 Å². The van der Waals surface area contributed by atoms with Crippen LogP contribution in [0.3, 0.4) is 0 Å². The van der Waals surface area contributed by atoms with Gasteiger partial charge < -0.3 is 22.3 Å². The standard InChI is InChI=1S/C6H14N4O2/c7-4(5(11)12)2-1-3-10-6(8)9/h4H,1-3,7H2,(H,11,12)(H4,8,9,10)/t4-/m0/s1/i1T2. The van der Waals surface area contributed by atoms with E-state index in [2.05, 4.69) is 4.99 Å². The number of aliphatic carboxylic acids is 1. The monoisotopic (exact) mass is 178 g/mol. The summed E-state index contributed by atoms with van der Waals surface area (Å²) in [6.45, 7) is -0.295. The fourth-order valence-electron chi connectivity index (χ4n) is 0.455. The van der Waals surface area contributed by atoms with Gasteiger partial charge in [0, 0.05) is 9.29 Å². The number of aliphatic imine (C=N–C) groups is 1. The van der Waals surface area contributed by atoms with Crippen LogP contribution in [-0.2, 0) is 4.79 Å². The number of hydrogen-bond acceptors (Lipinski definition) is 3. The Morgan fingerprint density at radius 2 is 2.25 bits per heavy atom. The van der Waals surface area contributed by atoms with E-state index in [1.54, 1.807) is 0 Å². The van der Waals surface area contributed by atoms with E-state index in [0.29, 0.717) is 0 Å². The number of carboxylic acids is 1. The highest BCUT2D eigenvalue weighted by atomic mass is 16.4. The normalized spacial score (nSPS) is 15.8. The molecule has 0 aromatic carbocycles. The third-order valence-electron chi connectivity index (χ3n) is 1.05. The first-order chi connectivity index (χ1) is 6.24. The summed E-state index contributed by atoms with van der Waals surface area (Å²) in [6.07, 6.45) is -2.15. The lowest BCUT2D eigenvalue weighted by atomic mass is 10.2. The van der Waals surface area contributed by atoms with Crippen LogP contribution in [-0.4, -0.2) is 29.6 Å². The molecular formula is C6H14N4O2. The van der Waals surface area contributed by atoms with Gasteiger partial charge in [-0.25, -0.2) is 0 Å². The van der Waals surface area contributed by atoms with Crippen LogP contribution >= 0.6 is 0 Å². The Hall–Kier alpha value is -1.30. The number of nitrogens with zero attached hydrogens (tertiary/aromatic N) is 1. The summed E-state index contributed by atoms with van der Waals surface area (Å²) in [4.78, 5) is 13.8. The first-order valence-electron chi connectivity index (χ1n) is 4.28. The van der Waals surface area contributed by atoms with Crippen LogP contribution in [0, 0.1) is 0 Å². The van der Waals surface area contributed by atoms with Crippen LogP contribution in [0.5, 0.6) is 0 Å². The van der Waals surface area contributed by atoms with E-state index in [1.165, 1.54) is 0 Å². The minimum Gasteiger partial charge on any atom is -0.480 e. The van der Waals surface area contributed by atoms with E-state index in [4.69, 9.17) is 25.0 Å². The second-order valence-electron chi connectivity index (χ2n) is 2.14. The van der Waals surface area contributed by atoms with Crippen molar-refractivity contribution in [1.29, 1.82) is 0 Å². The van der Waals surface area contributed by atoms with Gasteiger partial charge in [-0.15, -0.1) is 0 Å². The predicted molar refractivity (Wildman–Crippen MR) is 45.5 cm³/mol. The van der Waals surface area contributed by atoms with E-state index >= 15 is 0 Å². The van der Waals surface area contributed by atoms with Crippen LogP contribution in [0.15, 0.2) is 4.99 Å². The van der Waals surface area contributed by atoms with Crippen molar-refractivity contribution in [2.45, 2.75) is 18.8 Å². The highest BCUT2D eigenvalue weighted by molar-refractivity contribution is 5.75. The average Bonchev–Trinajstić information content (AvgIpc) is 2.00. The smallest absolute Gasteiger partial charge is 0.320 e. The Bertz CT molecular complexity index is 240. The maximum Gasteiger partial charge on any atom is 0.320 e. The second kappa shape index (κ2) is 5.36. The van der Waals surface area contributed by atoms with Gasteiger partial charge in [-0.2, -0.15) is 0 Å². The molecule has 12 heavy (non-hydrogen) atoms. The van der Waals surface area contributed by atoms with Crippen molar-refractivity contribution >= 4 is 11.9 Å². The molecule has 0 aromatic rings. The largest absolute Gasteiger partial charge is 0.480 e. The van der Waals surface area contributed by atoms with Gasteiger partial charge in [0.05, 0.1) is 0 Å². The Morgan fingerprint density at radius 1 is 1.67 bits per heavy atom. The Kier molecular flexibility index (Phi) is 3.29. The van der Waals surface area contributed by atoms with Crippen LogP contribution in [0.25, 0.3) is 0 Å². The fraction of sp³-hybridized carbons (Fsp3) is 0.667. The molecule has 0 saturated carbocycles. The van der Waals surface area contributed by atoms with E-state index in [1.807, 2.05) is 0 Å². The molecule has 0 aliphatic carbocycles. The SMILES string of the molecule is [3H]C([3H])(CN=C(N)N)C[C@H](N)C(=O)O. The maximum absolute atomic E-state index is 10.3. The van der Waals surface area contributed by atoms with Gasteiger partial charge in [0.2, 0.25) is 0 Å². The summed E-state index contributed by atoms with van der Waals surface area (Å²) >= 11 is 0. The lowest BCUT2D eigenvalue weighted by molar-refractivity contribution is -0.138. The molecule has 0 aliphatic heterocycles. The molecule has 0 saturated heterocycles. The molecule has 0 fully saturated rings. The molecule has 7 N–H and O–H groups in total. The zero-order chi connectivity index (χ0) is 11.4. The van der Waals surface area contributed by atoms with Crippen molar-refractivity contribution in [3.63, 3.8) is 0 Å². The minimum absolute atomic E-state index is 0.238. The Morgan fingerprint density at radius 3 is 2.67 bits per heavy atom. The molecule has 0 spiro atoms. The summed E-state index contributed by atoms with van der Waals surface area (Å²) in [5, 5.41) is 8.45. The lowest BCUT2D eigenvalue weighted by Crippen LogP contribution is -2.30. The summed E-state index contributed by atoms with van der Waals surface area (Å²) < 4.78 is 14.7. The molecule has 70 valence electrons. The molecule has 1 atom stereocenters. The van der Waals surface area contributed by atoms with Gasteiger partial charge >= 0.3 is 5.97 Å². The topological polar surface area (TPSA) is 128 Å². The molecular weight excluding hydrogens is 160 g/mol. The molecule has 0 unspecified atom stereocenters. The lowest BCUT2D eigenvalue weighted by Gasteiger charge is -2.03. The number of carbonyl (C=O) groups is 1. The summed E-state index contributed by atoms with van der Waals surface area (Å²) in [5.74, 6) is -1.49. The first-order valence-corrected chi connectivity index (χ1v) is 3.28. The molecule has 0 radical (unpaired) electrons. The number of carboxylic acid groups (broad SMARTS) is 1. The Balaban J connectivity index is 4.20. The number of guanidine groups is 1. The summed E-state index contributed by atoms with van der Waals surface area (Å²) in [6, 6.07) is -1.25. The first kappa shape index (κ1) is 7.35. The molecule has 0 aliphatic rings. The van der Waals surface area contributed by atoms with E-state index in [-0.39, 0.29) is 18.9 Å². The van der Waals surface area contributed by atoms with Gasteiger partial charge in [-0.3, -0.25) is 9.79 Å². The zero-order valence-corrected chi connectivity index (χ0v) is 6.53. The van der Waals surface area contributed by atoms with E-state index in [9.17, 15) is 4.79 Å². The number of nitrogens with two attached hydrogens (primary N) is 3.